The lowest BCUT2D eigenvalue weighted by Crippen LogP contribution is -2.20. The molecule has 17 heavy (non-hydrogen) atoms. The van der Waals surface area contributed by atoms with E-state index < -0.39 is 0 Å². The van der Waals surface area contributed by atoms with Crippen LogP contribution in [0.1, 0.15) is 31.7 Å². The number of aryl methyl sites for hydroxylation is 3. The molecular formula is C13H25N3O. The summed E-state index contributed by atoms with van der Waals surface area (Å²) in [6, 6.07) is 2.23. The Labute approximate surface area is 104 Å². The normalized spacial score (nSPS) is 11.0. The molecule has 0 saturated carbocycles. The molecular weight excluding hydrogens is 214 g/mol. The lowest BCUT2D eigenvalue weighted by atomic mass is 10.2. The van der Waals surface area contributed by atoms with Crippen molar-refractivity contribution in [1.29, 1.82) is 0 Å². The molecule has 0 aromatic carbocycles. The van der Waals surface area contributed by atoms with E-state index in [1.165, 1.54) is 11.4 Å². The van der Waals surface area contributed by atoms with Gasteiger partial charge in [-0.2, -0.15) is 5.10 Å². The summed E-state index contributed by atoms with van der Waals surface area (Å²) in [5.41, 5.74) is 2.56. The predicted octanol–water partition coefficient (Wildman–Crippen LogP) is 1.63. The molecule has 0 saturated heterocycles. The number of rotatable bonds is 9. The van der Waals surface area contributed by atoms with Crippen LogP contribution in [0.4, 0.5) is 0 Å². The first kappa shape index (κ1) is 14.2. The van der Waals surface area contributed by atoms with Gasteiger partial charge < -0.3 is 10.1 Å². The van der Waals surface area contributed by atoms with E-state index in [4.69, 9.17) is 4.74 Å². The van der Waals surface area contributed by atoms with Crippen LogP contribution in [0, 0.1) is 0 Å². The fraction of sp³-hybridized carbons (Fsp3) is 0.769. The molecule has 0 aliphatic rings. The zero-order chi connectivity index (χ0) is 12.5. The maximum absolute atomic E-state index is 4.98. The van der Waals surface area contributed by atoms with Gasteiger partial charge in [0.25, 0.3) is 0 Å². The molecule has 0 aliphatic carbocycles. The SMILES string of the molecule is CCc1cc(CCCNCCOC)n(CC)n1. The average Bonchev–Trinajstić information content (AvgIpc) is 2.76. The summed E-state index contributed by atoms with van der Waals surface area (Å²) < 4.78 is 7.10. The van der Waals surface area contributed by atoms with Gasteiger partial charge in [-0.25, -0.2) is 0 Å². The van der Waals surface area contributed by atoms with Gasteiger partial charge in [-0.1, -0.05) is 6.92 Å². The van der Waals surface area contributed by atoms with Crippen LogP contribution in [0.5, 0.6) is 0 Å². The van der Waals surface area contributed by atoms with E-state index in [-0.39, 0.29) is 0 Å². The maximum atomic E-state index is 4.98. The lowest BCUT2D eigenvalue weighted by Gasteiger charge is -2.05. The lowest BCUT2D eigenvalue weighted by molar-refractivity contribution is 0.199. The molecule has 0 amide bonds. The van der Waals surface area contributed by atoms with E-state index in [9.17, 15) is 0 Å². The summed E-state index contributed by atoms with van der Waals surface area (Å²) in [5.74, 6) is 0. The van der Waals surface area contributed by atoms with Gasteiger partial charge in [0.1, 0.15) is 0 Å². The molecule has 4 nitrogen and oxygen atoms in total. The zero-order valence-electron chi connectivity index (χ0n) is 11.3. The molecule has 1 heterocycles. The van der Waals surface area contributed by atoms with Crippen molar-refractivity contribution >= 4 is 0 Å². The molecule has 0 atom stereocenters. The van der Waals surface area contributed by atoms with Gasteiger partial charge in [0.2, 0.25) is 0 Å². The summed E-state index contributed by atoms with van der Waals surface area (Å²) in [5, 5.41) is 7.91. The van der Waals surface area contributed by atoms with Crippen LogP contribution in [0.2, 0.25) is 0 Å². The van der Waals surface area contributed by atoms with Crippen molar-refractivity contribution in [2.24, 2.45) is 0 Å². The molecule has 4 heteroatoms. The molecule has 1 aromatic heterocycles. The van der Waals surface area contributed by atoms with Crippen molar-refractivity contribution in [1.82, 2.24) is 15.1 Å². The molecule has 0 spiro atoms. The molecule has 0 bridgehead atoms. The first-order valence-electron chi connectivity index (χ1n) is 6.57. The second-order valence-electron chi connectivity index (χ2n) is 4.14. The van der Waals surface area contributed by atoms with Crippen LogP contribution >= 0.6 is 0 Å². The summed E-state index contributed by atoms with van der Waals surface area (Å²) in [7, 11) is 1.73. The standard InChI is InChI=1S/C13H25N3O/c1-4-12-11-13(16(5-2)15-12)7-6-8-14-9-10-17-3/h11,14H,4-10H2,1-3H3. The van der Waals surface area contributed by atoms with E-state index in [1.807, 2.05) is 0 Å². The van der Waals surface area contributed by atoms with Gasteiger partial charge in [0.05, 0.1) is 12.3 Å². The van der Waals surface area contributed by atoms with E-state index >= 15 is 0 Å². The van der Waals surface area contributed by atoms with Crippen molar-refractivity contribution in [2.45, 2.75) is 39.7 Å². The largest absolute Gasteiger partial charge is 0.383 e. The summed E-state index contributed by atoms with van der Waals surface area (Å²) in [4.78, 5) is 0. The second-order valence-corrected chi connectivity index (χ2v) is 4.14. The fourth-order valence-electron chi connectivity index (χ4n) is 1.86. The first-order chi connectivity index (χ1) is 8.31. The predicted molar refractivity (Wildman–Crippen MR) is 70.3 cm³/mol. The molecule has 0 aliphatic heterocycles. The average molecular weight is 239 g/mol. The Hall–Kier alpha value is -0.870. The van der Waals surface area contributed by atoms with Crippen molar-refractivity contribution in [3.8, 4) is 0 Å². The number of nitrogens with zero attached hydrogens (tertiary/aromatic N) is 2. The fourth-order valence-corrected chi connectivity index (χ4v) is 1.86. The summed E-state index contributed by atoms with van der Waals surface area (Å²) in [6.07, 6.45) is 3.27. The minimum Gasteiger partial charge on any atom is -0.383 e. The molecule has 1 rings (SSSR count). The van der Waals surface area contributed by atoms with Crippen LogP contribution in [-0.4, -0.2) is 36.6 Å². The molecule has 98 valence electrons. The molecule has 0 fully saturated rings. The number of ether oxygens (including phenoxy) is 1. The van der Waals surface area contributed by atoms with Crippen LogP contribution in [0.3, 0.4) is 0 Å². The van der Waals surface area contributed by atoms with Crippen molar-refractivity contribution in [3.05, 3.63) is 17.5 Å². The Morgan fingerprint density at radius 2 is 2.18 bits per heavy atom. The second kappa shape index (κ2) is 8.25. The third-order valence-corrected chi connectivity index (χ3v) is 2.85. The van der Waals surface area contributed by atoms with Gasteiger partial charge in [0.15, 0.2) is 0 Å². The van der Waals surface area contributed by atoms with Crippen molar-refractivity contribution in [2.75, 3.05) is 26.8 Å². The minimum atomic E-state index is 0.785. The third kappa shape index (κ3) is 4.88. The third-order valence-electron chi connectivity index (χ3n) is 2.85. The highest BCUT2D eigenvalue weighted by atomic mass is 16.5. The monoisotopic (exact) mass is 239 g/mol. The van der Waals surface area contributed by atoms with Crippen LogP contribution in [-0.2, 0) is 24.1 Å². The van der Waals surface area contributed by atoms with E-state index in [1.54, 1.807) is 7.11 Å². The molecule has 0 radical (unpaired) electrons. The Balaban J connectivity index is 2.28. The molecule has 1 aromatic rings. The zero-order valence-corrected chi connectivity index (χ0v) is 11.3. The Morgan fingerprint density at radius 3 is 2.82 bits per heavy atom. The highest BCUT2D eigenvalue weighted by Gasteiger charge is 2.04. The topological polar surface area (TPSA) is 39.1 Å². The Bertz CT molecular complexity index is 310. The number of nitrogens with one attached hydrogen (secondary N) is 1. The van der Waals surface area contributed by atoms with Crippen LogP contribution in [0.25, 0.3) is 0 Å². The van der Waals surface area contributed by atoms with Gasteiger partial charge in [-0.05, 0) is 38.8 Å². The van der Waals surface area contributed by atoms with E-state index in [0.717, 1.165) is 45.5 Å². The maximum Gasteiger partial charge on any atom is 0.0624 e. The van der Waals surface area contributed by atoms with Crippen LogP contribution < -0.4 is 5.32 Å². The Morgan fingerprint density at radius 1 is 1.35 bits per heavy atom. The van der Waals surface area contributed by atoms with Crippen molar-refractivity contribution in [3.63, 3.8) is 0 Å². The smallest absolute Gasteiger partial charge is 0.0624 e. The summed E-state index contributed by atoms with van der Waals surface area (Å²) >= 11 is 0. The Kier molecular flexibility index (Phi) is 6.89. The highest BCUT2D eigenvalue weighted by molar-refractivity contribution is 5.10. The number of methoxy groups -OCH3 is 1. The quantitative estimate of drug-likeness (QED) is 0.666. The van der Waals surface area contributed by atoms with Crippen molar-refractivity contribution < 1.29 is 4.74 Å². The van der Waals surface area contributed by atoms with Gasteiger partial charge in [0, 0.05) is 25.9 Å². The first-order valence-corrected chi connectivity index (χ1v) is 6.57. The summed E-state index contributed by atoms with van der Waals surface area (Å²) in [6.45, 7) is 8.02. The number of hydrogen-bond acceptors (Lipinski definition) is 3. The van der Waals surface area contributed by atoms with E-state index in [2.05, 4.69) is 35.0 Å². The van der Waals surface area contributed by atoms with E-state index in [0.29, 0.717) is 0 Å². The number of aromatic nitrogens is 2. The molecule has 1 N–H and O–H groups in total. The molecule has 0 unspecified atom stereocenters. The number of hydrogen-bond donors (Lipinski definition) is 1. The van der Waals surface area contributed by atoms with Gasteiger partial charge in [-0.3, -0.25) is 4.68 Å². The van der Waals surface area contributed by atoms with Crippen LogP contribution in [0.15, 0.2) is 6.07 Å². The highest BCUT2D eigenvalue weighted by Crippen LogP contribution is 2.07. The minimum absolute atomic E-state index is 0.785. The van der Waals surface area contributed by atoms with Gasteiger partial charge >= 0.3 is 0 Å². The van der Waals surface area contributed by atoms with Gasteiger partial charge in [-0.15, -0.1) is 0 Å².